The molecule has 3 nitrogen and oxygen atoms in total. The lowest BCUT2D eigenvalue weighted by Crippen LogP contribution is -2.06. The Hall–Kier alpha value is -1.94. The standard InChI is InChI=1S/C12H8N2OS/c15-11-8(4-3-7-13-11)12-14-9-5-1-2-6-10(9)16-12/h1-7H,(H,13,15). The lowest BCUT2D eigenvalue weighted by molar-refractivity contribution is 1.24. The average molecular weight is 228 g/mol. The maximum atomic E-state index is 11.6. The molecule has 0 aliphatic rings. The zero-order valence-corrected chi connectivity index (χ0v) is 9.12. The van der Waals surface area contributed by atoms with Gasteiger partial charge >= 0.3 is 0 Å². The third-order valence-corrected chi connectivity index (χ3v) is 3.41. The predicted molar refractivity (Wildman–Crippen MR) is 65.7 cm³/mol. The molecule has 0 fully saturated rings. The normalized spacial score (nSPS) is 10.8. The van der Waals surface area contributed by atoms with Gasteiger partial charge in [0.2, 0.25) is 0 Å². The molecule has 0 radical (unpaired) electrons. The van der Waals surface area contributed by atoms with Gasteiger partial charge in [0.1, 0.15) is 5.01 Å². The average Bonchev–Trinajstić information content (AvgIpc) is 2.73. The number of pyridine rings is 1. The van der Waals surface area contributed by atoms with Crippen LogP contribution in [-0.4, -0.2) is 9.97 Å². The van der Waals surface area contributed by atoms with E-state index in [9.17, 15) is 4.79 Å². The van der Waals surface area contributed by atoms with Crippen molar-refractivity contribution in [1.82, 2.24) is 9.97 Å². The second-order valence-corrected chi connectivity index (χ2v) is 4.43. The topological polar surface area (TPSA) is 45.8 Å². The van der Waals surface area contributed by atoms with Gasteiger partial charge in [-0.3, -0.25) is 4.79 Å². The summed E-state index contributed by atoms with van der Waals surface area (Å²) in [5.41, 5.74) is 1.47. The number of thiazole rings is 1. The second kappa shape index (κ2) is 3.57. The summed E-state index contributed by atoms with van der Waals surface area (Å²) in [5, 5.41) is 0.767. The van der Waals surface area contributed by atoms with Crippen molar-refractivity contribution in [3.05, 3.63) is 52.9 Å². The Morgan fingerprint density at radius 3 is 2.81 bits per heavy atom. The Kier molecular flexibility index (Phi) is 2.08. The molecule has 0 bridgehead atoms. The van der Waals surface area contributed by atoms with E-state index in [4.69, 9.17) is 0 Å². The van der Waals surface area contributed by atoms with Crippen molar-refractivity contribution in [1.29, 1.82) is 0 Å². The number of H-pyrrole nitrogens is 1. The summed E-state index contributed by atoms with van der Waals surface area (Å²) in [5.74, 6) is 0. The van der Waals surface area contributed by atoms with E-state index in [2.05, 4.69) is 9.97 Å². The third-order valence-electron chi connectivity index (χ3n) is 2.34. The summed E-state index contributed by atoms with van der Waals surface area (Å²) in [6, 6.07) is 11.5. The maximum Gasteiger partial charge on any atom is 0.258 e. The van der Waals surface area contributed by atoms with Gasteiger partial charge in [0.25, 0.3) is 5.56 Å². The van der Waals surface area contributed by atoms with Crippen LogP contribution in [0.3, 0.4) is 0 Å². The summed E-state index contributed by atoms with van der Waals surface area (Å²) >= 11 is 1.53. The summed E-state index contributed by atoms with van der Waals surface area (Å²) < 4.78 is 1.10. The molecule has 0 saturated carbocycles. The van der Waals surface area contributed by atoms with E-state index in [1.54, 1.807) is 12.3 Å². The second-order valence-electron chi connectivity index (χ2n) is 3.40. The Balaban J connectivity index is 2.27. The van der Waals surface area contributed by atoms with Gasteiger partial charge in [-0.25, -0.2) is 4.98 Å². The molecule has 2 aromatic heterocycles. The molecule has 0 atom stereocenters. The molecular formula is C12H8N2OS. The summed E-state index contributed by atoms with van der Waals surface area (Å²) in [6.07, 6.45) is 1.62. The first-order chi connectivity index (χ1) is 7.84. The molecule has 3 aromatic rings. The van der Waals surface area contributed by atoms with Gasteiger partial charge in [0, 0.05) is 6.20 Å². The van der Waals surface area contributed by atoms with Gasteiger partial charge in [0.05, 0.1) is 15.8 Å². The largest absolute Gasteiger partial charge is 0.329 e. The minimum atomic E-state index is -0.0958. The minimum Gasteiger partial charge on any atom is -0.329 e. The fraction of sp³-hybridized carbons (Fsp3) is 0. The first kappa shape index (κ1) is 9.30. The molecular weight excluding hydrogens is 220 g/mol. The van der Waals surface area contributed by atoms with E-state index in [1.807, 2.05) is 30.3 Å². The van der Waals surface area contributed by atoms with Crippen LogP contribution in [0.25, 0.3) is 20.8 Å². The van der Waals surface area contributed by atoms with Crippen LogP contribution < -0.4 is 5.56 Å². The van der Waals surface area contributed by atoms with Crippen molar-refractivity contribution in [2.24, 2.45) is 0 Å². The van der Waals surface area contributed by atoms with Crippen molar-refractivity contribution >= 4 is 21.6 Å². The quantitative estimate of drug-likeness (QED) is 0.696. The zero-order chi connectivity index (χ0) is 11.0. The van der Waals surface area contributed by atoms with Crippen molar-refractivity contribution in [2.45, 2.75) is 0 Å². The highest BCUT2D eigenvalue weighted by Gasteiger charge is 2.08. The van der Waals surface area contributed by atoms with E-state index in [-0.39, 0.29) is 5.56 Å². The van der Waals surface area contributed by atoms with Crippen LogP contribution >= 0.6 is 11.3 Å². The first-order valence-corrected chi connectivity index (χ1v) is 5.70. The van der Waals surface area contributed by atoms with Crippen molar-refractivity contribution < 1.29 is 0 Å². The number of fused-ring (bicyclic) bond motifs is 1. The van der Waals surface area contributed by atoms with Gasteiger partial charge in [-0.15, -0.1) is 11.3 Å². The van der Waals surface area contributed by atoms with E-state index in [0.29, 0.717) is 5.56 Å². The van der Waals surface area contributed by atoms with Crippen LogP contribution in [0, 0.1) is 0 Å². The SMILES string of the molecule is O=c1[nH]cccc1-c1nc2ccccc2s1. The lowest BCUT2D eigenvalue weighted by atomic mass is 10.3. The van der Waals surface area contributed by atoms with E-state index < -0.39 is 0 Å². The number of hydrogen-bond acceptors (Lipinski definition) is 3. The molecule has 3 rings (SSSR count). The Morgan fingerprint density at radius 2 is 2.00 bits per heavy atom. The molecule has 2 heterocycles. The van der Waals surface area contributed by atoms with Crippen LogP contribution in [-0.2, 0) is 0 Å². The van der Waals surface area contributed by atoms with Crippen molar-refractivity contribution in [3.63, 3.8) is 0 Å². The minimum absolute atomic E-state index is 0.0958. The van der Waals surface area contributed by atoms with Crippen LogP contribution in [0.15, 0.2) is 47.4 Å². The highest BCUT2D eigenvalue weighted by molar-refractivity contribution is 7.21. The summed E-state index contributed by atoms with van der Waals surface area (Å²) in [4.78, 5) is 18.7. The first-order valence-electron chi connectivity index (χ1n) is 4.88. The number of benzene rings is 1. The lowest BCUT2D eigenvalue weighted by Gasteiger charge is -1.91. The molecule has 78 valence electrons. The number of para-hydroxylation sites is 1. The fourth-order valence-corrected chi connectivity index (χ4v) is 2.57. The maximum absolute atomic E-state index is 11.6. The molecule has 0 saturated heterocycles. The Bertz CT molecular complexity index is 666. The van der Waals surface area contributed by atoms with Crippen LogP contribution in [0.4, 0.5) is 0 Å². The monoisotopic (exact) mass is 228 g/mol. The van der Waals surface area contributed by atoms with Gasteiger partial charge in [-0.05, 0) is 24.3 Å². The Morgan fingerprint density at radius 1 is 1.12 bits per heavy atom. The van der Waals surface area contributed by atoms with E-state index >= 15 is 0 Å². The van der Waals surface area contributed by atoms with Gasteiger partial charge < -0.3 is 4.98 Å². The highest BCUT2D eigenvalue weighted by atomic mass is 32.1. The number of rotatable bonds is 1. The molecule has 0 spiro atoms. The van der Waals surface area contributed by atoms with E-state index in [1.165, 1.54) is 11.3 Å². The molecule has 1 N–H and O–H groups in total. The smallest absolute Gasteiger partial charge is 0.258 e. The third kappa shape index (κ3) is 1.44. The van der Waals surface area contributed by atoms with Crippen LogP contribution in [0.2, 0.25) is 0 Å². The highest BCUT2D eigenvalue weighted by Crippen LogP contribution is 2.27. The number of nitrogens with zero attached hydrogens (tertiary/aromatic N) is 1. The van der Waals surface area contributed by atoms with Crippen LogP contribution in [0.1, 0.15) is 0 Å². The van der Waals surface area contributed by atoms with Gasteiger partial charge in [-0.2, -0.15) is 0 Å². The molecule has 4 heteroatoms. The summed E-state index contributed by atoms with van der Waals surface area (Å²) in [6.45, 7) is 0. The fourth-order valence-electron chi connectivity index (χ4n) is 1.58. The molecule has 0 aliphatic carbocycles. The number of nitrogens with one attached hydrogen (secondary N) is 1. The molecule has 16 heavy (non-hydrogen) atoms. The predicted octanol–water partition coefficient (Wildman–Crippen LogP) is 2.65. The summed E-state index contributed by atoms with van der Waals surface area (Å²) in [7, 11) is 0. The zero-order valence-electron chi connectivity index (χ0n) is 8.31. The molecule has 1 aromatic carbocycles. The van der Waals surface area contributed by atoms with Gasteiger partial charge in [-0.1, -0.05) is 12.1 Å². The number of hydrogen-bond donors (Lipinski definition) is 1. The number of aromatic amines is 1. The van der Waals surface area contributed by atoms with E-state index in [0.717, 1.165) is 15.2 Å². The molecule has 0 unspecified atom stereocenters. The van der Waals surface area contributed by atoms with Gasteiger partial charge in [0.15, 0.2) is 0 Å². The van der Waals surface area contributed by atoms with Crippen molar-refractivity contribution in [3.8, 4) is 10.6 Å². The van der Waals surface area contributed by atoms with Crippen LogP contribution in [0.5, 0.6) is 0 Å². The number of aromatic nitrogens is 2. The van der Waals surface area contributed by atoms with Crippen molar-refractivity contribution in [2.75, 3.05) is 0 Å². The molecule has 0 amide bonds. The molecule has 0 aliphatic heterocycles. The Labute approximate surface area is 95.4 Å².